The third-order valence-corrected chi connectivity index (χ3v) is 4.74. The first-order valence-electron chi connectivity index (χ1n) is 7.86. The van der Waals surface area contributed by atoms with Crippen molar-refractivity contribution in [3.05, 3.63) is 35.4 Å². The maximum absolute atomic E-state index is 12.4. The molecule has 1 heterocycles. The molecule has 4 rings (SSSR count). The van der Waals surface area contributed by atoms with E-state index in [9.17, 15) is 9.59 Å². The summed E-state index contributed by atoms with van der Waals surface area (Å²) in [6, 6.07) is 7.16. The molecule has 1 aliphatic heterocycles. The molecule has 0 unspecified atom stereocenters. The lowest BCUT2D eigenvalue weighted by Gasteiger charge is -2.33. The molecule has 0 bridgehead atoms. The van der Waals surface area contributed by atoms with Crippen molar-refractivity contribution in [3.8, 4) is 0 Å². The monoisotopic (exact) mass is 285 g/mol. The van der Waals surface area contributed by atoms with Gasteiger partial charge in [0.05, 0.1) is 23.3 Å². The Hall–Kier alpha value is -1.68. The van der Waals surface area contributed by atoms with Crippen molar-refractivity contribution in [3.63, 3.8) is 0 Å². The molecule has 1 aromatic carbocycles. The summed E-state index contributed by atoms with van der Waals surface area (Å²) in [6.45, 7) is 0. The van der Waals surface area contributed by atoms with E-state index in [2.05, 4.69) is 0 Å². The summed E-state index contributed by atoms with van der Waals surface area (Å²) < 4.78 is 5.94. The highest BCUT2D eigenvalue weighted by atomic mass is 16.5. The number of imide groups is 1. The quantitative estimate of drug-likeness (QED) is 0.802. The Bertz CT molecular complexity index is 550. The zero-order valence-corrected chi connectivity index (χ0v) is 12.0. The minimum absolute atomic E-state index is 0.0384. The van der Waals surface area contributed by atoms with E-state index in [1.54, 1.807) is 12.1 Å². The molecule has 0 atom stereocenters. The Balaban J connectivity index is 1.46. The molecule has 2 fully saturated rings. The second-order valence-corrected chi connectivity index (χ2v) is 6.29. The number of fused-ring (bicyclic) bond motifs is 1. The molecule has 110 valence electrons. The molecule has 2 amide bonds. The predicted molar refractivity (Wildman–Crippen MR) is 77.1 cm³/mol. The lowest BCUT2D eigenvalue weighted by atomic mass is 9.92. The van der Waals surface area contributed by atoms with Crippen LogP contribution < -0.4 is 0 Å². The van der Waals surface area contributed by atoms with Crippen LogP contribution in [0.5, 0.6) is 0 Å². The Kier molecular flexibility index (Phi) is 3.07. The van der Waals surface area contributed by atoms with Crippen molar-refractivity contribution in [2.75, 3.05) is 0 Å². The Morgan fingerprint density at radius 3 is 1.76 bits per heavy atom. The summed E-state index contributed by atoms with van der Waals surface area (Å²) in [4.78, 5) is 26.4. The molecule has 21 heavy (non-hydrogen) atoms. The number of carbonyl (C=O) groups excluding carboxylic acids is 2. The number of rotatable bonds is 3. The fourth-order valence-corrected chi connectivity index (χ4v) is 3.46. The molecule has 0 radical (unpaired) electrons. The van der Waals surface area contributed by atoms with Gasteiger partial charge in [-0.15, -0.1) is 0 Å². The van der Waals surface area contributed by atoms with Gasteiger partial charge in [-0.1, -0.05) is 12.1 Å². The normalized spacial score (nSPS) is 28.9. The van der Waals surface area contributed by atoms with Crippen LogP contribution in [-0.2, 0) is 4.74 Å². The van der Waals surface area contributed by atoms with Crippen molar-refractivity contribution in [1.29, 1.82) is 0 Å². The standard InChI is InChI=1S/C17H19NO3/c19-16-14-3-1-2-4-15(14)17(20)18(16)11-5-7-12(8-6-11)21-13-9-10-13/h1-4,11-13H,5-10H2. The van der Waals surface area contributed by atoms with Crippen molar-refractivity contribution >= 4 is 11.8 Å². The van der Waals surface area contributed by atoms with Crippen molar-refractivity contribution in [2.24, 2.45) is 0 Å². The first-order valence-corrected chi connectivity index (χ1v) is 7.86. The van der Waals surface area contributed by atoms with Gasteiger partial charge in [-0.05, 0) is 50.7 Å². The molecular weight excluding hydrogens is 266 g/mol. The molecule has 3 aliphatic rings. The Morgan fingerprint density at radius 2 is 1.29 bits per heavy atom. The molecular formula is C17H19NO3. The lowest BCUT2D eigenvalue weighted by Crippen LogP contribution is -2.43. The van der Waals surface area contributed by atoms with Gasteiger partial charge in [0.15, 0.2) is 0 Å². The fourth-order valence-electron chi connectivity index (χ4n) is 3.46. The number of hydrogen-bond donors (Lipinski definition) is 0. The maximum Gasteiger partial charge on any atom is 0.261 e. The number of amides is 2. The summed E-state index contributed by atoms with van der Waals surface area (Å²) in [7, 11) is 0. The highest BCUT2D eigenvalue weighted by Crippen LogP contribution is 2.34. The third-order valence-electron chi connectivity index (χ3n) is 4.74. The fraction of sp³-hybridized carbons (Fsp3) is 0.529. The molecule has 1 aromatic rings. The molecule has 2 aliphatic carbocycles. The molecule has 4 nitrogen and oxygen atoms in total. The number of carbonyl (C=O) groups is 2. The summed E-state index contributed by atoms with van der Waals surface area (Å²) in [5, 5.41) is 0. The summed E-state index contributed by atoms with van der Waals surface area (Å²) in [5.74, 6) is -0.246. The predicted octanol–water partition coefficient (Wildman–Crippen LogP) is 2.77. The molecule has 0 N–H and O–H groups in total. The van der Waals surface area contributed by atoms with Crippen LogP contribution in [0.15, 0.2) is 24.3 Å². The molecule has 2 saturated carbocycles. The smallest absolute Gasteiger partial charge is 0.261 e. The maximum atomic E-state index is 12.4. The van der Waals surface area contributed by atoms with Gasteiger partial charge in [-0.3, -0.25) is 14.5 Å². The number of hydrogen-bond acceptors (Lipinski definition) is 3. The van der Waals surface area contributed by atoms with Gasteiger partial charge in [0.25, 0.3) is 11.8 Å². The van der Waals surface area contributed by atoms with Crippen molar-refractivity contribution in [2.45, 2.75) is 56.8 Å². The Morgan fingerprint density at radius 1 is 0.810 bits per heavy atom. The summed E-state index contributed by atoms with van der Waals surface area (Å²) in [6.07, 6.45) is 6.82. The van der Waals surface area contributed by atoms with Crippen LogP contribution in [-0.4, -0.2) is 35.0 Å². The van der Waals surface area contributed by atoms with E-state index in [-0.39, 0.29) is 17.9 Å². The first kappa shape index (κ1) is 13.0. The van der Waals surface area contributed by atoms with Crippen LogP contribution in [0, 0.1) is 0 Å². The van der Waals surface area contributed by atoms with E-state index >= 15 is 0 Å². The van der Waals surface area contributed by atoms with E-state index < -0.39 is 0 Å². The van der Waals surface area contributed by atoms with Gasteiger partial charge >= 0.3 is 0 Å². The van der Waals surface area contributed by atoms with Gasteiger partial charge in [0.2, 0.25) is 0 Å². The van der Waals surface area contributed by atoms with Crippen LogP contribution in [0.1, 0.15) is 59.2 Å². The van der Waals surface area contributed by atoms with Gasteiger partial charge in [0.1, 0.15) is 0 Å². The Labute approximate surface area is 124 Å². The van der Waals surface area contributed by atoms with Crippen LogP contribution in [0.2, 0.25) is 0 Å². The largest absolute Gasteiger partial charge is 0.375 e. The van der Waals surface area contributed by atoms with Crippen molar-refractivity contribution < 1.29 is 14.3 Å². The second kappa shape index (κ2) is 4.95. The van der Waals surface area contributed by atoms with Crippen LogP contribution >= 0.6 is 0 Å². The molecule has 0 aromatic heterocycles. The van der Waals surface area contributed by atoms with Gasteiger partial charge < -0.3 is 4.74 Å². The molecule has 4 heteroatoms. The van der Waals surface area contributed by atoms with Gasteiger partial charge in [-0.25, -0.2) is 0 Å². The SMILES string of the molecule is O=C1c2ccccc2C(=O)N1C1CCC(OC2CC2)CC1. The van der Waals surface area contributed by atoms with Crippen LogP contribution in [0.4, 0.5) is 0 Å². The molecule has 0 saturated heterocycles. The number of benzene rings is 1. The van der Waals surface area contributed by atoms with Gasteiger partial charge in [-0.2, -0.15) is 0 Å². The summed E-state index contributed by atoms with van der Waals surface area (Å²) in [5.41, 5.74) is 1.11. The number of nitrogens with zero attached hydrogens (tertiary/aromatic N) is 1. The van der Waals surface area contributed by atoms with E-state index in [0.29, 0.717) is 23.3 Å². The lowest BCUT2D eigenvalue weighted by molar-refractivity contribution is 0.000245. The van der Waals surface area contributed by atoms with E-state index in [4.69, 9.17) is 4.74 Å². The minimum Gasteiger partial charge on any atom is -0.375 e. The molecule has 0 spiro atoms. The number of ether oxygens (including phenoxy) is 1. The highest BCUT2D eigenvalue weighted by Gasteiger charge is 2.41. The average molecular weight is 285 g/mol. The third kappa shape index (κ3) is 2.27. The zero-order chi connectivity index (χ0) is 14.4. The van der Waals surface area contributed by atoms with E-state index in [0.717, 1.165) is 25.7 Å². The zero-order valence-electron chi connectivity index (χ0n) is 12.0. The van der Waals surface area contributed by atoms with E-state index in [1.165, 1.54) is 17.7 Å². The summed E-state index contributed by atoms with van der Waals surface area (Å²) >= 11 is 0. The van der Waals surface area contributed by atoms with E-state index in [1.807, 2.05) is 12.1 Å². The van der Waals surface area contributed by atoms with Gasteiger partial charge in [0, 0.05) is 6.04 Å². The average Bonchev–Trinajstić information content (AvgIpc) is 3.29. The van der Waals surface area contributed by atoms with Crippen LogP contribution in [0.3, 0.4) is 0 Å². The highest BCUT2D eigenvalue weighted by molar-refractivity contribution is 6.21. The topological polar surface area (TPSA) is 46.6 Å². The van der Waals surface area contributed by atoms with Crippen molar-refractivity contribution in [1.82, 2.24) is 4.90 Å². The first-order chi connectivity index (χ1) is 10.2. The minimum atomic E-state index is -0.123. The van der Waals surface area contributed by atoms with Crippen LogP contribution in [0.25, 0.3) is 0 Å². The second-order valence-electron chi connectivity index (χ2n) is 6.29.